The first-order valence-electron chi connectivity index (χ1n) is 7.84. The first-order chi connectivity index (χ1) is 11.1. The van der Waals surface area contributed by atoms with Crippen LogP contribution in [0.1, 0.15) is 30.9 Å². The van der Waals surface area contributed by atoms with Gasteiger partial charge in [-0.15, -0.1) is 0 Å². The molecule has 0 saturated carbocycles. The van der Waals surface area contributed by atoms with Crippen molar-refractivity contribution in [1.82, 2.24) is 4.31 Å². The molecular formula is C18H21NO3S. The fourth-order valence-corrected chi connectivity index (χ4v) is 4.77. The largest absolute Gasteiger partial charge is 0.497 e. The highest BCUT2D eigenvalue weighted by Gasteiger charge is 2.34. The van der Waals surface area contributed by atoms with Gasteiger partial charge in [0, 0.05) is 6.54 Å². The molecule has 0 spiro atoms. The molecule has 23 heavy (non-hydrogen) atoms. The first kappa shape index (κ1) is 16.0. The maximum atomic E-state index is 13.1. The second-order valence-electron chi connectivity index (χ2n) is 5.71. The number of methoxy groups -OCH3 is 1. The molecule has 1 aliphatic heterocycles. The third-order valence-electron chi connectivity index (χ3n) is 4.30. The molecule has 4 nitrogen and oxygen atoms in total. The molecule has 3 rings (SSSR count). The summed E-state index contributed by atoms with van der Waals surface area (Å²) < 4.78 is 32.9. The average molecular weight is 331 g/mol. The highest BCUT2D eigenvalue weighted by atomic mass is 32.2. The van der Waals surface area contributed by atoms with E-state index in [4.69, 9.17) is 4.74 Å². The number of sulfonamides is 1. The maximum absolute atomic E-state index is 13.1. The Morgan fingerprint density at radius 1 is 1.00 bits per heavy atom. The lowest BCUT2D eigenvalue weighted by molar-refractivity contribution is 0.256. The zero-order valence-electron chi connectivity index (χ0n) is 13.2. The van der Waals surface area contributed by atoms with Crippen LogP contribution in [0.15, 0.2) is 59.5 Å². The van der Waals surface area contributed by atoms with Gasteiger partial charge >= 0.3 is 0 Å². The van der Waals surface area contributed by atoms with Gasteiger partial charge in [0.1, 0.15) is 5.75 Å². The van der Waals surface area contributed by atoms with Gasteiger partial charge in [-0.1, -0.05) is 36.8 Å². The minimum atomic E-state index is -3.51. The summed E-state index contributed by atoms with van der Waals surface area (Å²) in [6.07, 6.45) is 2.81. The lowest BCUT2D eigenvalue weighted by Crippen LogP contribution is -2.38. The third kappa shape index (κ3) is 3.26. The van der Waals surface area contributed by atoms with Crippen molar-refractivity contribution in [3.63, 3.8) is 0 Å². The molecule has 0 bridgehead atoms. The molecule has 2 aromatic rings. The predicted octanol–water partition coefficient (Wildman–Crippen LogP) is 3.61. The van der Waals surface area contributed by atoms with E-state index < -0.39 is 10.0 Å². The van der Waals surface area contributed by atoms with Crippen LogP contribution in [0.2, 0.25) is 0 Å². The quantitative estimate of drug-likeness (QED) is 0.860. The number of hydrogen-bond donors (Lipinski definition) is 0. The number of ether oxygens (including phenoxy) is 1. The summed E-state index contributed by atoms with van der Waals surface area (Å²) in [6.45, 7) is 0.563. The normalized spacial score (nSPS) is 19.4. The van der Waals surface area contributed by atoms with Crippen LogP contribution in [0.3, 0.4) is 0 Å². The number of nitrogens with zero attached hydrogens (tertiary/aromatic N) is 1. The zero-order valence-corrected chi connectivity index (χ0v) is 14.0. The second-order valence-corrected chi connectivity index (χ2v) is 7.60. The Balaban J connectivity index is 1.95. The molecule has 1 atom stereocenters. The molecule has 0 amide bonds. The van der Waals surface area contributed by atoms with Crippen molar-refractivity contribution < 1.29 is 13.2 Å². The van der Waals surface area contributed by atoms with Gasteiger partial charge in [0.25, 0.3) is 0 Å². The van der Waals surface area contributed by atoms with Crippen molar-refractivity contribution in [3.8, 4) is 5.75 Å². The highest BCUT2D eigenvalue weighted by Crippen LogP contribution is 2.35. The van der Waals surface area contributed by atoms with Crippen molar-refractivity contribution in [2.75, 3.05) is 13.7 Å². The zero-order chi connectivity index (χ0) is 16.3. The molecule has 1 saturated heterocycles. The standard InChI is InChI=1S/C18H21NO3S/c1-22-16-10-12-17(13-11-16)23(20,21)19-14-6-5-9-18(19)15-7-3-2-4-8-15/h2-4,7-8,10-13,18H,5-6,9,14H2,1H3. The lowest BCUT2D eigenvalue weighted by atomic mass is 9.98. The fraction of sp³-hybridized carbons (Fsp3) is 0.333. The minimum absolute atomic E-state index is 0.0861. The molecule has 1 unspecified atom stereocenters. The van der Waals surface area contributed by atoms with Gasteiger partial charge in [0.2, 0.25) is 10.0 Å². The molecule has 0 aromatic heterocycles. The van der Waals surface area contributed by atoms with Crippen molar-refractivity contribution >= 4 is 10.0 Å². The van der Waals surface area contributed by atoms with E-state index in [1.165, 1.54) is 0 Å². The summed E-state index contributed by atoms with van der Waals surface area (Å²) >= 11 is 0. The van der Waals surface area contributed by atoms with Crippen LogP contribution in [0.5, 0.6) is 5.75 Å². The van der Waals surface area contributed by atoms with Gasteiger partial charge in [0.05, 0.1) is 18.0 Å². The van der Waals surface area contributed by atoms with E-state index in [1.807, 2.05) is 30.3 Å². The summed E-state index contributed by atoms with van der Waals surface area (Å²) in [5, 5.41) is 0. The molecule has 0 N–H and O–H groups in total. The Morgan fingerprint density at radius 3 is 2.35 bits per heavy atom. The first-order valence-corrected chi connectivity index (χ1v) is 9.28. The predicted molar refractivity (Wildman–Crippen MR) is 89.9 cm³/mol. The molecular weight excluding hydrogens is 310 g/mol. The van der Waals surface area contributed by atoms with E-state index in [-0.39, 0.29) is 6.04 Å². The Labute approximate surface area is 137 Å². The van der Waals surface area contributed by atoms with E-state index >= 15 is 0 Å². The fourth-order valence-electron chi connectivity index (χ4n) is 3.08. The Hall–Kier alpha value is -1.85. The topological polar surface area (TPSA) is 46.6 Å². The highest BCUT2D eigenvalue weighted by molar-refractivity contribution is 7.89. The monoisotopic (exact) mass is 331 g/mol. The van der Waals surface area contributed by atoms with Crippen LogP contribution >= 0.6 is 0 Å². The summed E-state index contributed by atoms with van der Waals surface area (Å²) in [6, 6.07) is 16.4. The van der Waals surface area contributed by atoms with E-state index in [0.717, 1.165) is 24.8 Å². The summed E-state index contributed by atoms with van der Waals surface area (Å²) in [5.74, 6) is 0.655. The number of benzene rings is 2. The maximum Gasteiger partial charge on any atom is 0.243 e. The molecule has 1 aliphatic rings. The summed E-state index contributed by atoms with van der Waals surface area (Å²) in [5.41, 5.74) is 1.06. The van der Waals surface area contributed by atoms with Crippen LogP contribution in [0, 0.1) is 0 Å². The Bertz CT molecular complexity index is 742. The van der Waals surface area contributed by atoms with Gasteiger partial charge in [-0.2, -0.15) is 4.31 Å². The van der Waals surface area contributed by atoms with E-state index in [1.54, 1.807) is 35.7 Å². The lowest BCUT2D eigenvalue weighted by Gasteiger charge is -2.35. The molecule has 2 aromatic carbocycles. The Morgan fingerprint density at radius 2 is 1.70 bits per heavy atom. The molecule has 1 heterocycles. The molecule has 122 valence electrons. The van der Waals surface area contributed by atoms with Crippen molar-refractivity contribution in [1.29, 1.82) is 0 Å². The molecule has 0 radical (unpaired) electrons. The SMILES string of the molecule is COc1ccc(S(=O)(=O)N2CCCCC2c2ccccc2)cc1. The van der Waals surface area contributed by atoms with Crippen molar-refractivity contribution in [2.45, 2.75) is 30.2 Å². The van der Waals surface area contributed by atoms with Gasteiger partial charge in [0.15, 0.2) is 0 Å². The number of rotatable bonds is 4. The summed E-state index contributed by atoms with van der Waals surface area (Å²) in [7, 11) is -1.94. The molecule has 5 heteroatoms. The molecule has 0 aliphatic carbocycles. The van der Waals surface area contributed by atoms with Gasteiger partial charge in [-0.3, -0.25) is 0 Å². The van der Waals surface area contributed by atoms with Gasteiger partial charge in [-0.25, -0.2) is 8.42 Å². The van der Waals surface area contributed by atoms with E-state index in [0.29, 0.717) is 17.2 Å². The van der Waals surface area contributed by atoms with Crippen LogP contribution in [-0.2, 0) is 10.0 Å². The van der Waals surface area contributed by atoms with Crippen LogP contribution in [0.4, 0.5) is 0 Å². The van der Waals surface area contributed by atoms with Crippen LogP contribution in [-0.4, -0.2) is 26.4 Å². The minimum Gasteiger partial charge on any atom is -0.497 e. The van der Waals surface area contributed by atoms with Crippen LogP contribution in [0.25, 0.3) is 0 Å². The van der Waals surface area contributed by atoms with Crippen LogP contribution < -0.4 is 4.74 Å². The van der Waals surface area contributed by atoms with Gasteiger partial charge < -0.3 is 4.74 Å². The van der Waals surface area contributed by atoms with Gasteiger partial charge in [-0.05, 0) is 42.7 Å². The number of hydrogen-bond acceptors (Lipinski definition) is 3. The smallest absolute Gasteiger partial charge is 0.243 e. The van der Waals surface area contributed by atoms with E-state index in [2.05, 4.69) is 0 Å². The van der Waals surface area contributed by atoms with E-state index in [9.17, 15) is 8.42 Å². The van der Waals surface area contributed by atoms with Crippen molar-refractivity contribution in [3.05, 3.63) is 60.2 Å². The third-order valence-corrected chi connectivity index (χ3v) is 6.23. The van der Waals surface area contributed by atoms with Crippen molar-refractivity contribution in [2.24, 2.45) is 0 Å². The second kappa shape index (κ2) is 6.72. The number of piperidine rings is 1. The molecule has 1 fully saturated rings. The Kier molecular flexibility index (Phi) is 4.68. The average Bonchev–Trinajstić information content (AvgIpc) is 2.62. The summed E-state index contributed by atoms with van der Waals surface area (Å²) in [4.78, 5) is 0.320.